The molecule has 0 saturated carbocycles. The molecule has 1 aromatic carbocycles. The van der Waals surface area contributed by atoms with Gasteiger partial charge in [0.2, 0.25) is 5.91 Å². The number of carbonyl (C=O) groups excluding carboxylic acids is 1. The van der Waals surface area contributed by atoms with Crippen molar-refractivity contribution in [3.05, 3.63) is 29.8 Å². The van der Waals surface area contributed by atoms with Crippen LogP contribution in [0.1, 0.15) is 31.2 Å². The monoisotopic (exact) mass is 274 g/mol. The normalized spacial score (nSPS) is 16.1. The van der Waals surface area contributed by atoms with Gasteiger partial charge in [-0.15, -0.1) is 0 Å². The maximum absolute atomic E-state index is 12.1. The van der Waals surface area contributed by atoms with E-state index in [4.69, 9.17) is 10.5 Å². The number of nitrogens with zero attached hydrogens (tertiary/aromatic N) is 1. The van der Waals surface area contributed by atoms with Gasteiger partial charge in [0, 0.05) is 19.2 Å². The lowest BCUT2D eigenvalue weighted by molar-refractivity contribution is -0.125. The Morgan fingerprint density at radius 2 is 1.95 bits per heavy atom. The zero-order chi connectivity index (χ0) is 14.4. The zero-order valence-corrected chi connectivity index (χ0v) is 12.0. The molecule has 1 saturated heterocycles. The second-order valence-electron chi connectivity index (χ2n) is 5.07. The average Bonchev–Trinajstić information content (AvgIpc) is 2.74. The lowest BCUT2D eigenvalue weighted by atomic mass is 10.1. The standard InChI is InChI=1S/C16H22N2O2/c1-20-15-8-6-13(12-14(15)17)7-9-16(19)18-10-4-2-3-5-11-18/h6-9,12H,2-5,10-11,17H2,1H3/b9-7+. The van der Waals surface area contributed by atoms with Gasteiger partial charge in [-0.1, -0.05) is 18.9 Å². The van der Waals surface area contributed by atoms with Crippen molar-refractivity contribution in [1.29, 1.82) is 0 Å². The second kappa shape index (κ2) is 6.98. The largest absolute Gasteiger partial charge is 0.495 e. The number of amides is 1. The Labute approximate surface area is 120 Å². The van der Waals surface area contributed by atoms with Crippen molar-refractivity contribution >= 4 is 17.7 Å². The number of nitrogen functional groups attached to an aromatic ring is 1. The number of anilines is 1. The van der Waals surface area contributed by atoms with Crippen LogP contribution >= 0.6 is 0 Å². The van der Waals surface area contributed by atoms with Gasteiger partial charge in [-0.2, -0.15) is 0 Å². The third-order valence-electron chi connectivity index (χ3n) is 3.59. The summed E-state index contributed by atoms with van der Waals surface area (Å²) in [6, 6.07) is 5.51. The summed E-state index contributed by atoms with van der Waals surface area (Å²) >= 11 is 0. The molecule has 0 aromatic heterocycles. The minimum atomic E-state index is 0.0845. The molecule has 108 valence electrons. The van der Waals surface area contributed by atoms with Crippen LogP contribution in [-0.2, 0) is 4.79 Å². The first-order valence-electron chi connectivity index (χ1n) is 7.11. The van der Waals surface area contributed by atoms with Crippen molar-refractivity contribution in [3.8, 4) is 5.75 Å². The van der Waals surface area contributed by atoms with Crippen LogP contribution in [0.5, 0.6) is 5.75 Å². The maximum Gasteiger partial charge on any atom is 0.246 e. The van der Waals surface area contributed by atoms with Crippen LogP contribution in [0.25, 0.3) is 6.08 Å². The number of ether oxygens (including phenoxy) is 1. The summed E-state index contributed by atoms with van der Waals surface area (Å²) in [5, 5.41) is 0. The van der Waals surface area contributed by atoms with Gasteiger partial charge in [0.1, 0.15) is 5.75 Å². The molecule has 1 aliphatic rings. The molecule has 0 radical (unpaired) electrons. The van der Waals surface area contributed by atoms with Crippen LogP contribution in [0.15, 0.2) is 24.3 Å². The van der Waals surface area contributed by atoms with Crippen LogP contribution < -0.4 is 10.5 Å². The average molecular weight is 274 g/mol. The third kappa shape index (κ3) is 3.76. The third-order valence-corrected chi connectivity index (χ3v) is 3.59. The van der Waals surface area contributed by atoms with E-state index in [1.165, 1.54) is 12.8 Å². The van der Waals surface area contributed by atoms with Gasteiger partial charge >= 0.3 is 0 Å². The molecule has 1 aromatic rings. The summed E-state index contributed by atoms with van der Waals surface area (Å²) in [4.78, 5) is 14.0. The first kappa shape index (κ1) is 14.4. The fourth-order valence-corrected chi connectivity index (χ4v) is 2.42. The van der Waals surface area contributed by atoms with Crippen molar-refractivity contribution in [2.75, 3.05) is 25.9 Å². The Hall–Kier alpha value is -1.97. The Morgan fingerprint density at radius 3 is 2.55 bits per heavy atom. The lowest BCUT2D eigenvalue weighted by Crippen LogP contribution is -2.30. The summed E-state index contributed by atoms with van der Waals surface area (Å²) in [5.74, 6) is 0.738. The quantitative estimate of drug-likeness (QED) is 0.681. The molecule has 0 atom stereocenters. The lowest BCUT2D eigenvalue weighted by Gasteiger charge is -2.17. The van der Waals surface area contributed by atoms with Crippen LogP contribution in [0, 0.1) is 0 Å². The number of nitrogens with two attached hydrogens (primary N) is 1. The van der Waals surface area contributed by atoms with Crippen LogP contribution in [-0.4, -0.2) is 31.0 Å². The highest BCUT2D eigenvalue weighted by atomic mass is 16.5. The highest BCUT2D eigenvalue weighted by Crippen LogP contribution is 2.22. The number of hydrogen-bond donors (Lipinski definition) is 1. The van der Waals surface area contributed by atoms with Gasteiger partial charge in [-0.05, 0) is 36.6 Å². The smallest absolute Gasteiger partial charge is 0.246 e. The number of carbonyl (C=O) groups is 1. The van der Waals surface area contributed by atoms with Gasteiger partial charge in [0.05, 0.1) is 12.8 Å². The summed E-state index contributed by atoms with van der Waals surface area (Å²) in [7, 11) is 1.59. The topological polar surface area (TPSA) is 55.6 Å². The predicted octanol–water partition coefficient (Wildman–Crippen LogP) is 2.69. The van der Waals surface area contributed by atoms with Crippen molar-refractivity contribution in [3.63, 3.8) is 0 Å². The highest BCUT2D eigenvalue weighted by molar-refractivity contribution is 5.92. The van der Waals surface area contributed by atoms with Gasteiger partial charge in [-0.25, -0.2) is 0 Å². The minimum Gasteiger partial charge on any atom is -0.495 e. The summed E-state index contributed by atoms with van der Waals surface area (Å²) in [5.41, 5.74) is 7.34. The van der Waals surface area contributed by atoms with Gasteiger partial charge in [0.15, 0.2) is 0 Å². The molecule has 0 bridgehead atoms. The maximum atomic E-state index is 12.1. The molecule has 4 nitrogen and oxygen atoms in total. The molecule has 2 rings (SSSR count). The number of likely N-dealkylation sites (tertiary alicyclic amines) is 1. The molecule has 0 unspecified atom stereocenters. The van der Waals surface area contributed by atoms with E-state index in [-0.39, 0.29) is 5.91 Å². The summed E-state index contributed by atoms with van der Waals surface area (Å²) in [6.45, 7) is 1.74. The van der Waals surface area contributed by atoms with Gasteiger partial charge < -0.3 is 15.4 Å². The van der Waals surface area contributed by atoms with Crippen LogP contribution in [0.4, 0.5) is 5.69 Å². The van der Waals surface area contributed by atoms with E-state index >= 15 is 0 Å². The first-order chi connectivity index (χ1) is 9.70. The van der Waals surface area contributed by atoms with E-state index < -0.39 is 0 Å². The fourth-order valence-electron chi connectivity index (χ4n) is 2.42. The number of hydrogen-bond acceptors (Lipinski definition) is 3. The Bertz CT molecular complexity index is 489. The van der Waals surface area contributed by atoms with E-state index in [0.29, 0.717) is 11.4 Å². The molecule has 1 fully saturated rings. The Morgan fingerprint density at radius 1 is 1.25 bits per heavy atom. The van der Waals surface area contributed by atoms with Gasteiger partial charge in [-0.3, -0.25) is 4.79 Å². The second-order valence-corrected chi connectivity index (χ2v) is 5.07. The summed E-state index contributed by atoms with van der Waals surface area (Å²) in [6.07, 6.45) is 8.10. The number of methoxy groups -OCH3 is 1. The number of benzene rings is 1. The highest BCUT2D eigenvalue weighted by Gasteiger charge is 2.12. The molecule has 20 heavy (non-hydrogen) atoms. The Balaban J connectivity index is 2.00. The molecular weight excluding hydrogens is 252 g/mol. The molecule has 1 aliphatic heterocycles. The fraction of sp³-hybridized carbons (Fsp3) is 0.438. The van der Waals surface area contributed by atoms with E-state index in [1.807, 2.05) is 29.2 Å². The van der Waals surface area contributed by atoms with Gasteiger partial charge in [0.25, 0.3) is 0 Å². The SMILES string of the molecule is COc1ccc(/C=C/C(=O)N2CCCCCC2)cc1N. The van der Waals surface area contributed by atoms with Crippen LogP contribution in [0.3, 0.4) is 0 Å². The van der Waals surface area contributed by atoms with Crippen molar-refractivity contribution in [2.45, 2.75) is 25.7 Å². The molecule has 1 amide bonds. The molecule has 0 spiro atoms. The molecular formula is C16H22N2O2. The zero-order valence-electron chi connectivity index (χ0n) is 12.0. The van der Waals surface area contributed by atoms with E-state index in [0.717, 1.165) is 31.5 Å². The van der Waals surface area contributed by atoms with Crippen molar-refractivity contribution in [2.24, 2.45) is 0 Å². The molecule has 2 N–H and O–H groups in total. The minimum absolute atomic E-state index is 0.0845. The predicted molar refractivity (Wildman–Crippen MR) is 81.5 cm³/mol. The molecule has 0 aliphatic carbocycles. The van der Waals surface area contributed by atoms with E-state index in [2.05, 4.69) is 0 Å². The van der Waals surface area contributed by atoms with Crippen LogP contribution in [0.2, 0.25) is 0 Å². The van der Waals surface area contributed by atoms with E-state index in [1.54, 1.807) is 13.2 Å². The summed E-state index contributed by atoms with van der Waals surface area (Å²) < 4.78 is 5.11. The van der Waals surface area contributed by atoms with Crippen molar-refractivity contribution < 1.29 is 9.53 Å². The molecule has 4 heteroatoms. The number of rotatable bonds is 3. The first-order valence-corrected chi connectivity index (χ1v) is 7.11. The Kier molecular flexibility index (Phi) is 5.04. The van der Waals surface area contributed by atoms with E-state index in [9.17, 15) is 4.79 Å². The molecule has 1 heterocycles. The van der Waals surface area contributed by atoms with Crippen molar-refractivity contribution in [1.82, 2.24) is 4.90 Å².